The van der Waals surface area contributed by atoms with Crippen molar-refractivity contribution < 1.29 is 4.39 Å². The molecule has 3 aromatic rings. The van der Waals surface area contributed by atoms with Gasteiger partial charge in [0.25, 0.3) is 0 Å². The van der Waals surface area contributed by atoms with Gasteiger partial charge in [-0.05, 0) is 48.9 Å². The lowest BCUT2D eigenvalue weighted by Crippen LogP contribution is -2.22. The molecule has 4 rings (SSSR count). The smallest absolute Gasteiger partial charge is 0.132 e. The molecule has 25 heavy (non-hydrogen) atoms. The number of nitrogen functional groups attached to an aromatic ring is 1. The highest BCUT2D eigenvalue weighted by atomic mass is 35.5. The highest BCUT2D eigenvalue weighted by Crippen LogP contribution is 2.36. The van der Waals surface area contributed by atoms with E-state index in [1.807, 2.05) is 18.2 Å². The van der Waals surface area contributed by atoms with Gasteiger partial charge in [-0.15, -0.1) is 0 Å². The predicted molar refractivity (Wildman–Crippen MR) is 101 cm³/mol. The van der Waals surface area contributed by atoms with Gasteiger partial charge in [0.05, 0.1) is 5.02 Å². The summed E-state index contributed by atoms with van der Waals surface area (Å²) in [5.74, 6) is 0.112. The van der Waals surface area contributed by atoms with E-state index in [9.17, 15) is 4.39 Å². The summed E-state index contributed by atoms with van der Waals surface area (Å²) < 4.78 is 14.4. The number of halogens is 2. The molecule has 0 saturated carbocycles. The van der Waals surface area contributed by atoms with Gasteiger partial charge >= 0.3 is 0 Å². The van der Waals surface area contributed by atoms with E-state index in [2.05, 4.69) is 15.6 Å². The summed E-state index contributed by atoms with van der Waals surface area (Å²) >= 11 is 6.26. The van der Waals surface area contributed by atoms with Crippen LogP contribution >= 0.6 is 11.6 Å². The van der Waals surface area contributed by atoms with Gasteiger partial charge in [-0.25, -0.2) is 9.37 Å². The van der Waals surface area contributed by atoms with Gasteiger partial charge in [0.15, 0.2) is 0 Å². The van der Waals surface area contributed by atoms with E-state index >= 15 is 0 Å². The third-order valence-corrected chi connectivity index (χ3v) is 4.84. The molecule has 1 saturated heterocycles. The third-order valence-electron chi connectivity index (χ3n) is 4.53. The minimum atomic E-state index is -0.344. The van der Waals surface area contributed by atoms with E-state index in [0.29, 0.717) is 22.4 Å². The molecule has 1 unspecified atom stereocenters. The van der Waals surface area contributed by atoms with Gasteiger partial charge in [0.1, 0.15) is 11.6 Å². The highest BCUT2D eigenvalue weighted by Gasteiger charge is 2.17. The number of hydrogen-bond acceptors (Lipinski definition) is 4. The molecular formula is C19H18ClFN4. The number of nitrogens with one attached hydrogen (secondary N) is 2. The van der Waals surface area contributed by atoms with Crippen LogP contribution in [0.5, 0.6) is 0 Å². The minimum Gasteiger partial charge on any atom is -0.384 e. The van der Waals surface area contributed by atoms with Crippen LogP contribution < -0.4 is 16.4 Å². The van der Waals surface area contributed by atoms with Crippen molar-refractivity contribution in [3.63, 3.8) is 0 Å². The third kappa shape index (κ3) is 3.13. The van der Waals surface area contributed by atoms with E-state index < -0.39 is 0 Å². The average molecular weight is 357 g/mol. The van der Waals surface area contributed by atoms with Crippen LogP contribution in [0.4, 0.5) is 15.9 Å². The Balaban J connectivity index is 1.89. The fourth-order valence-electron chi connectivity index (χ4n) is 3.31. The molecule has 0 amide bonds. The Hall–Kier alpha value is -2.37. The molecule has 4 N–H and O–H groups in total. The fourth-order valence-corrected chi connectivity index (χ4v) is 3.58. The summed E-state index contributed by atoms with van der Waals surface area (Å²) in [4.78, 5) is 4.17. The number of nitrogens with two attached hydrogens (primary N) is 1. The van der Waals surface area contributed by atoms with E-state index in [-0.39, 0.29) is 5.82 Å². The molecule has 1 fully saturated rings. The largest absolute Gasteiger partial charge is 0.384 e. The topological polar surface area (TPSA) is 63.0 Å². The number of pyridine rings is 1. The van der Waals surface area contributed by atoms with Gasteiger partial charge in [-0.3, -0.25) is 0 Å². The summed E-state index contributed by atoms with van der Waals surface area (Å²) in [5, 5.41) is 9.13. The van der Waals surface area contributed by atoms with Crippen LogP contribution in [0.25, 0.3) is 21.9 Å². The van der Waals surface area contributed by atoms with Crippen molar-refractivity contribution >= 4 is 33.9 Å². The van der Waals surface area contributed by atoms with Crippen molar-refractivity contribution in [1.29, 1.82) is 0 Å². The number of benzene rings is 2. The molecule has 1 aromatic heterocycles. The fraction of sp³-hybridized carbons (Fsp3) is 0.211. The maximum absolute atomic E-state index is 14.4. The molecule has 2 heterocycles. The Bertz CT molecular complexity index is 918. The van der Waals surface area contributed by atoms with Gasteiger partial charge in [0, 0.05) is 40.8 Å². The van der Waals surface area contributed by atoms with E-state index in [1.54, 1.807) is 18.3 Å². The van der Waals surface area contributed by atoms with Crippen molar-refractivity contribution in [3.8, 4) is 11.1 Å². The van der Waals surface area contributed by atoms with E-state index in [4.69, 9.17) is 17.3 Å². The number of rotatable bonds is 3. The monoisotopic (exact) mass is 356 g/mol. The van der Waals surface area contributed by atoms with Gasteiger partial charge < -0.3 is 16.4 Å². The molecule has 128 valence electrons. The van der Waals surface area contributed by atoms with Crippen molar-refractivity contribution in [2.75, 3.05) is 24.1 Å². The van der Waals surface area contributed by atoms with E-state index in [1.165, 1.54) is 6.07 Å². The molecule has 0 aliphatic carbocycles. The van der Waals surface area contributed by atoms with Crippen molar-refractivity contribution in [3.05, 3.63) is 53.4 Å². The molecule has 4 nitrogen and oxygen atoms in total. The van der Waals surface area contributed by atoms with Gasteiger partial charge in [-0.2, -0.15) is 0 Å². The zero-order valence-corrected chi connectivity index (χ0v) is 14.3. The number of nitrogens with zero attached hydrogens (tertiary/aromatic N) is 1. The Morgan fingerprint density at radius 1 is 1.28 bits per heavy atom. The van der Waals surface area contributed by atoms with Crippen molar-refractivity contribution in [2.45, 2.75) is 12.5 Å². The minimum absolute atomic E-state index is 0.323. The normalized spacial score (nSPS) is 17.1. The Morgan fingerprint density at radius 2 is 2.16 bits per heavy atom. The van der Waals surface area contributed by atoms with E-state index in [0.717, 1.165) is 41.5 Å². The highest BCUT2D eigenvalue weighted by molar-refractivity contribution is 6.33. The molecule has 6 heteroatoms. The second-order valence-corrected chi connectivity index (χ2v) is 6.69. The lowest BCUT2D eigenvalue weighted by Gasteiger charge is -2.17. The van der Waals surface area contributed by atoms with Crippen LogP contribution in [-0.2, 0) is 0 Å². The SMILES string of the molecule is Nc1cc2c(NC3CCNC3)cc(-c3c(F)cccc3Cl)cc2cn1. The number of aromatic nitrogens is 1. The van der Waals surface area contributed by atoms with Crippen LogP contribution in [0.1, 0.15) is 6.42 Å². The second kappa shape index (κ2) is 6.50. The first-order valence-electron chi connectivity index (χ1n) is 8.23. The number of hydrogen-bond donors (Lipinski definition) is 3. The van der Waals surface area contributed by atoms with Crippen LogP contribution in [0, 0.1) is 5.82 Å². The average Bonchev–Trinajstić information content (AvgIpc) is 3.08. The number of anilines is 2. The standard InChI is InChI=1S/C19H18ClFN4/c20-15-2-1-3-16(21)19(15)11-6-12-9-24-18(22)8-14(12)17(7-11)25-13-4-5-23-10-13/h1-3,6-9,13,23,25H,4-5,10H2,(H2,22,24). The van der Waals surface area contributed by atoms with Gasteiger partial charge in [-0.1, -0.05) is 17.7 Å². The Labute approximate surface area is 150 Å². The van der Waals surface area contributed by atoms with Crippen molar-refractivity contribution in [1.82, 2.24) is 10.3 Å². The molecule has 1 atom stereocenters. The summed E-state index contributed by atoms with van der Waals surface area (Å²) in [7, 11) is 0. The maximum atomic E-state index is 14.4. The van der Waals surface area contributed by atoms with Crippen LogP contribution in [0.3, 0.4) is 0 Å². The van der Waals surface area contributed by atoms with Crippen LogP contribution in [0.2, 0.25) is 5.02 Å². The zero-order chi connectivity index (χ0) is 17.4. The molecule has 1 aliphatic heterocycles. The van der Waals surface area contributed by atoms with Crippen LogP contribution in [-0.4, -0.2) is 24.1 Å². The first kappa shape index (κ1) is 16.1. The maximum Gasteiger partial charge on any atom is 0.132 e. The molecule has 1 aliphatic rings. The lowest BCUT2D eigenvalue weighted by molar-refractivity contribution is 0.631. The molecule has 2 aromatic carbocycles. The Kier molecular flexibility index (Phi) is 4.19. The lowest BCUT2D eigenvalue weighted by atomic mass is 9.99. The second-order valence-electron chi connectivity index (χ2n) is 6.28. The molecule has 0 radical (unpaired) electrons. The quantitative estimate of drug-likeness (QED) is 0.662. The van der Waals surface area contributed by atoms with Crippen LogP contribution in [0.15, 0.2) is 42.6 Å². The molecule has 0 spiro atoms. The summed E-state index contributed by atoms with van der Waals surface area (Å²) in [6, 6.07) is 10.7. The zero-order valence-electron chi connectivity index (χ0n) is 13.5. The first-order chi connectivity index (χ1) is 12.1. The van der Waals surface area contributed by atoms with Gasteiger partial charge in [0.2, 0.25) is 0 Å². The predicted octanol–water partition coefficient (Wildman–Crippen LogP) is 4.05. The molecular weight excluding hydrogens is 339 g/mol. The summed E-state index contributed by atoms with van der Waals surface area (Å²) in [5.41, 5.74) is 7.89. The van der Waals surface area contributed by atoms with Crippen molar-refractivity contribution in [2.24, 2.45) is 0 Å². The summed E-state index contributed by atoms with van der Waals surface area (Å²) in [6.45, 7) is 1.88. The first-order valence-corrected chi connectivity index (χ1v) is 8.60. The Morgan fingerprint density at radius 3 is 2.92 bits per heavy atom. The summed E-state index contributed by atoms with van der Waals surface area (Å²) in [6.07, 6.45) is 2.74. The number of fused-ring (bicyclic) bond motifs is 1. The molecule has 0 bridgehead atoms.